The van der Waals surface area contributed by atoms with Gasteiger partial charge in [0.25, 0.3) is 0 Å². The molecule has 1 atom stereocenters. The number of hydrogen-bond donors (Lipinski definition) is 1. The molecular formula is C14H22O. The lowest BCUT2D eigenvalue weighted by Crippen LogP contribution is -2.20. The van der Waals surface area contributed by atoms with Crippen LogP contribution in [0.4, 0.5) is 0 Å². The summed E-state index contributed by atoms with van der Waals surface area (Å²) in [6.07, 6.45) is 2.37. The van der Waals surface area contributed by atoms with Crippen molar-refractivity contribution in [1.82, 2.24) is 0 Å². The fourth-order valence-corrected chi connectivity index (χ4v) is 2.06. The van der Waals surface area contributed by atoms with Crippen molar-refractivity contribution in [3.05, 3.63) is 29.8 Å². The van der Waals surface area contributed by atoms with Crippen molar-refractivity contribution in [2.75, 3.05) is 0 Å². The van der Waals surface area contributed by atoms with E-state index in [2.05, 4.69) is 33.8 Å². The molecule has 0 aromatic heterocycles. The highest BCUT2D eigenvalue weighted by Crippen LogP contribution is 2.32. The average Bonchev–Trinajstić information content (AvgIpc) is 2.17. The van der Waals surface area contributed by atoms with Crippen LogP contribution in [0.15, 0.2) is 24.3 Å². The van der Waals surface area contributed by atoms with E-state index in [-0.39, 0.29) is 5.41 Å². The van der Waals surface area contributed by atoms with Gasteiger partial charge in [-0.1, -0.05) is 46.2 Å². The number of hydrogen-bond acceptors (Lipinski definition) is 1. The van der Waals surface area contributed by atoms with Crippen molar-refractivity contribution in [3.8, 4) is 5.75 Å². The molecule has 0 aliphatic rings. The van der Waals surface area contributed by atoms with Crippen molar-refractivity contribution < 1.29 is 5.11 Å². The zero-order valence-corrected chi connectivity index (χ0v) is 10.2. The van der Waals surface area contributed by atoms with Crippen molar-refractivity contribution in [2.45, 2.75) is 46.0 Å². The Morgan fingerprint density at radius 1 is 1.33 bits per heavy atom. The predicted octanol–water partition coefficient (Wildman–Crippen LogP) is 4.11. The largest absolute Gasteiger partial charge is 0.508 e. The molecular weight excluding hydrogens is 184 g/mol. The van der Waals surface area contributed by atoms with Gasteiger partial charge < -0.3 is 5.11 Å². The molecule has 1 nitrogen and oxygen atoms in total. The first-order valence-corrected chi connectivity index (χ1v) is 5.75. The van der Waals surface area contributed by atoms with Crippen molar-refractivity contribution in [2.24, 2.45) is 5.92 Å². The molecule has 84 valence electrons. The summed E-state index contributed by atoms with van der Waals surface area (Å²) in [7, 11) is 0. The van der Waals surface area contributed by atoms with Gasteiger partial charge in [-0.05, 0) is 35.4 Å². The van der Waals surface area contributed by atoms with E-state index < -0.39 is 0 Å². The van der Waals surface area contributed by atoms with Gasteiger partial charge in [-0.2, -0.15) is 0 Å². The van der Waals surface area contributed by atoms with Crippen molar-refractivity contribution in [1.29, 1.82) is 0 Å². The molecule has 0 spiro atoms. The summed E-state index contributed by atoms with van der Waals surface area (Å²) in [6.45, 7) is 9.00. The zero-order chi connectivity index (χ0) is 11.5. The van der Waals surface area contributed by atoms with Gasteiger partial charge in [0.15, 0.2) is 0 Å². The summed E-state index contributed by atoms with van der Waals surface area (Å²) in [5.41, 5.74) is 1.37. The second-order valence-electron chi connectivity index (χ2n) is 5.15. The molecule has 15 heavy (non-hydrogen) atoms. The summed E-state index contributed by atoms with van der Waals surface area (Å²) in [6, 6.07) is 7.62. The number of rotatable bonds is 4. The Hall–Kier alpha value is -0.980. The van der Waals surface area contributed by atoms with Crippen LogP contribution in [0.2, 0.25) is 0 Å². The topological polar surface area (TPSA) is 20.2 Å². The molecule has 1 heteroatoms. The maximum absolute atomic E-state index is 9.47. The maximum Gasteiger partial charge on any atom is 0.115 e. The van der Waals surface area contributed by atoms with Crippen LogP contribution in [-0.2, 0) is 5.41 Å². The van der Waals surface area contributed by atoms with Crippen LogP contribution in [0.25, 0.3) is 0 Å². The monoisotopic (exact) mass is 206 g/mol. The Kier molecular flexibility index (Phi) is 3.78. The second-order valence-corrected chi connectivity index (χ2v) is 5.15. The van der Waals surface area contributed by atoms with Gasteiger partial charge in [-0.15, -0.1) is 0 Å². The third kappa shape index (κ3) is 3.26. The van der Waals surface area contributed by atoms with Gasteiger partial charge in [-0.25, -0.2) is 0 Å². The van der Waals surface area contributed by atoms with Gasteiger partial charge in [0.1, 0.15) is 5.75 Å². The van der Waals surface area contributed by atoms with Gasteiger partial charge in [-0.3, -0.25) is 0 Å². The zero-order valence-electron chi connectivity index (χ0n) is 10.2. The Bertz CT molecular complexity index is 315. The van der Waals surface area contributed by atoms with E-state index in [9.17, 15) is 5.11 Å². The highest BCUT2D eigenvalue weighted by atomic mass is 16.3. The summed E-state index contributed by atoms with van der Waals surface area (Å²) in [5, 5.41) is 9.47. The molecule has 0 heterocycles. The molecule has 0 saturated heterocycles. The first kappa shape index (κ1) is 12.1. The Labute approximate surface area is 93.1 Å². The maximum atomic E-state index is 9.47. The third-order valence-corrected chi connectivity index (χ3v) is 3.18. The Morgan fingerprint density at radius 3 is 2.53 bits per heavy atom. The van der Waals surface area contributed by atoms with E-state index in [1.807, 2.05) is 12.1 Å². The lowest BCUT2D eigenvalue weighted by molar-refractivity contribution is 0.370. The number of phenolic OH excluding ortho intramolecular Hbond substituents is 1. The van der Waals surface area contributed by atoms with Gasteiger partial charge >= 0.3 is 0 Å². The van der Waals surface area contributed by atoms with Crippen LogP contribution in [-0.4, -0.2) is 5.11 Å². The minimum Gasteiger partial charge on any atom is -0.508 e. The fraction of sp³-hybridized carbons (Fsp3) is 0.571. The highest BCUT2D eigenvalue weighted by Gasteiger charge is 2.22. The van der Waals surface area contributed by atoms with E-state index in [4.69, 9.17) is 0 Å². The average molecular weight is 206 g/mol. The highest BCUT2D eigenvalue weighted by molar-refractivity contribution is 5.32. The first-order chi connectivity index (χ1) is 6.95. The van der Waals surface area contributed by atoms with Crippen LogP contribution in [0.5, 0.6) is 5.75 Å². The molecule has 1 N–H and O–H groups in total. The lowest BCUT2D eigenvalue weighted by atomic mass is 9.77. The molecule has 0 amide bonds. The Balaban J connectivity index is 2.85. The molecule has 1 unspecified atom stereocenters. The Morgan fingerprint density at radius 2 is 2.00 bits per heavy atom. The standard InChI is InChI=1S/C14H22O/c1-5-11(2)10-14(3,4)12-7-6-8-13(15)9-12/h6-9,11,15H,5,10H2,1-4H3. The van der Waals surface area contributed by atoms with E-state index in [1.54, 1.807) is 6.07 Å². The summed E-state index contributed by atoms with van der Waals surface area (Å²) in [4.78, 5) is 0. The van der Waals surface area contributed by atoms with E-state index in [1.165, 1.54) is 12.0 Å². The van der Waals surface area contributed by atoms with Gasteiger partial charge in [0, 0.05) is 0 Å². The molecule has 1 aromatic rings. The summed E-state index contributed by atoms with van der Waals surface area (Å²) in [5.74, 6) is 1.09. The number of aromatic hydroxyl groups is 1. The molecule has 0 fully saturated rings. The van der Waals surface area contributed by atoms with Gasteiger partial charge in [0.05, 0.1) is 0 Å². The number of benzene rings is 1. The molecule has 0 bridgehead atoms. The lowest BCUT2D eigenvalue weighted by Gasteiger charge is -2.28. The molecule has 1 rings (SSSR count). The quantitative estimate of drug-likeness (QED) is 0.786. The van der Waals surface area contributed by atoms with Crippen LogP contribution in [0.1, 0.15) is 46.1 Å². The molecule has 1 aromatic carbocycles. The molecule has 0 aliphatic carbocycles. The van der Waals surface area contributed by atoms with E-state index in [0.29, 0.717) is 5.75 Å². The van der Waals surface area contributed by atoms with Crippen LogP contribution >= 0.6 is 0 Å². The van der Waals surface area contributed by atoms with Crippen LogP contribution in [0.3, 0.4) is 0 Å². The molecule has 0 aliphatic heterocycles. The van der Waals surface area contributed by atoms with Crippen LogP contribution < -0.4 is 0 Å². The van der Waals surface area contributed by atoms with Gasteiger partial charge in [0.2, 0.25) is 0 Å². The fourth-order valence-electron chi connectivity index (χ4n) is 2.06. The molecule has 0 radical (unpaired) electrons. The SMILES string of the molecule is CCC(C)CC(C)(C)c1cccc(O)c1. The second kappa shape index (κ2) is 4.69. The van der Waals surface area contributed by atoms with Crippen molar-refractivity contribution >= 4 is 0 Å². The predicted molar refractivity (Wildman–Crippen MR) is 65.2 cm³/mol. The van der Waals surface area contributed by atoms with Crippen LogP contribution in [0, 0.1) is 5.92 Å². The third-order valence-electron chi connectivity index (χ3n) is 3.18. The minimum absolute atomic E-state index is 0.147. The summed E-state index contributed by atoms with van der Waals surface area (Å²) < 4.78 is 0. The van der Waals surface area contributed by atoms with E-state index >= 15 is 0 Å². The first-order valence-electron chi connectivity index (χ1n) is 5.75. The normalized spacial score (nSPS) is 13.9. The smallest absolute Gasteiger partial charge is 0.115 e. The summed E-state index contributed by atoms with van der Waals surface area (Å²) >= 11 is 0. The number of phenols is 1. The van der Waals surface area contributed by atoms with Crippen molar-refractivity contribution in [3.63, 3.8) is 0 Å². The molecule has 0 saturated carbocycles. The van der Waals surface area contributed by atoms with E-state index in [0.717, 1.165) is 12.3 Å². The minimum atomic E-state index is 0.147.